The molecule has 4 rings (SSSR count). The Kier molecular flexibility index (Phi) is 5.76. The first kappa shape index (κ1) is 19.9. The maximum absolute atomic E-state index is 12.8. The molecule has 3 unspecified atom stereocenters. The molecule has 154 valence electrons. The summed E-state index contributed by atoms with van der Waals surface area (Å²) in [6, 6.07) is 7.62. The first-order valence-corrected chi connectivity index (χ1v) is 12.0. The van der Waals surface area contributed by atoms with Crippen LogP contribution in [0.4, 0.5) is 5.69 Å². The van der Waals surface area contributed by atoms with E-state index in [0.717, 1.165) is 18.8 Å². The number of carbonyl (C=O) groups is 1. The van der Waals surface area contributed by atoms with Crippen LogP contribution in [0.1, 0.15) is 51.9 Å². The zero-order valence-electron chi connectivity index (χ0n) is 16.6. The van der Waals surface area contributed by atoms with Crippen molar-refractivity contribution in [3.8, 4) is 0 Å². The summed E-state index contributed by atoms with van der Waals surface area (Å²) in [5.41, 5.74) is 0.553. The Hall–Kier alpha value is -1.44. The van der Waals surface area contributed by atoms with Crippen LogP contribution >= 0.6 is 0 Å². The Bertz CT molecular complexity index is 820. The average molecular weight is 406 g/mol. The molecule has 0 bridgehead atoms. The Morgan fingerprint density at radius 2 is 1.89 bits per heavy atom. The summed E-state index contributed by atoms with van der Waals surface area (Å²) >= 11 is 0. The van der Waals surface area contributed by atoms with E-state index in [9.17, 15) is 13.2 Å². The summed E-state index contributed by atoms with van der Waals surface area (Å²) < 4.78 is 27.0. The van der Waals surface area contributed by atoms with Gasteiger partial charge in [0, 0.05) is 30.9 Å². The number of hydrogen-bond acceptors (Lipinski definition) is 4. The lowest BCUT2D eigenvalue weighted by Crippen LogP contribution is -2.42. The van der Waals surface area contributed by atoms with Crippen LogP contribution in [0.3, 0.4) is 0 Å². The van der Waals surface area contributed by atoms with Crippen molar-refractivity contribution in [1.82, 2.24) is 9.21 Å². The highest BCUT2D eigenvalue weighted by molar-refractivity contribution is 7.89. The first-order valence-electron chi connectivity index (χ1n) is 10.6. The highest BCUT2D eigenvalue weighted by Crippen LogP contribution is 2.39. The minimum absolute atomic E-state index is 0.0613. The van der Waals surface area contributed by atoms with E-state index in [1.807, 2.05) is 0 Å². The van der Waals surface area contributed by atoms with E-state index in [-0.39, 0.29) is 10.8 Å². The van der Waals surface area contributed by atoms with Gasteiger partial charge in [-0.2, -0.15) is 4.31 Å². The summed E-state index contributed by atoms with van der Waals surface area (Å²) in [5, 5.41) is 2.92. The Morgan fingerprint density at radius 1 is 1.14 bits per heavy atom. The normalized spacial score (nSPS) is 29.0. The summed E-state index contributed by atoms with van der Waals surface area (Å²) in [7, 11) is -3.47. The van der Waals surface area contributed by atoms with Gasteiger partial charge in [-0.05, 0) is 63.1 Å². The van der Waals surface area contributed by atoms with E-state index < -0.39 is 10.0 Å². The maximum atomic E-state index is 12.8. The highest BCUT2D eigenvalue weighted by atomic mass is 32.2. The second-order valence-corrected chi connectivity index (χ2v) is 10.5. The SMILES string of the molecule is CC1CC2CCCCC2N1CC(=O)Nc1cccc(S(=O)(=O)N2CCCC2)c1. The van der Waals surface area contributed by atoms with E-state index in [1.165, 1.54) is 36.4 Å². The smallest absolute Gasteiger partial charge is 0.243 e. The summed E-state index contributed by atoms with van der Waals surface area (Å²) in [6.45, 7) is 3.75. The van der Waals surface area contributed by atoms with E-state index in [4.69, 9.17) is 0 Å². The van der Waals surface area contributed by atoms with Crippen LogP contribution in [0.5, 0.6) is 0 Å². The summed E-state index contributed by atoms with van der Waals surface area (Å²) in [4.78, 5) is 15.3. The van der Waals surface area contributed by atoms with Crippen molar-refractivity contribution in [2.24, 2.45) is 5.92 Å². The molecular weight excluding hydrogens is 374 g/mol. The second kappa shape index (κ2) is 8.13. The predicted octanol–water partition coefficient (Wildman–Crippen LogP) is 3.06. The molecule has 2 heterocycles. The molecule has 1 saturated carbocycles. The molecule has 0 radical (unpaired) electrons. The molecule has 1 aromatic carbocycles. The quantitative estimate of drug-likeness (QED) is 0.817. The number of carbonyl (C=O) groups excluding carboxylic acids is 1. The number of sulfonamides is 1. The van der Waals surface area contributed by atoms with E-state index in [1.54, 1.807) is 24.3 Å². The average Bonchev–Trinajstić information content (AvgIpc) is 3.31. The zero-order valence-corrected chi connectivity index (χ0v) is 17.5. The number of benzene rings is 1. The molecule has 0 aromatic heterocycles. The second-order valence-electron chi connectivity index (χ2n) is 8.56. The van der Waals surface area contributed by atoms with Gasteiger partial charge in [0.05, 0.1) is 11.4 Å². The Morgan fingerprint density at radius 3 is 2.68 bits per heavy atom. The van der Waals surface area contributed by atoms with Gasteiger partial charge in [-0.3, -0.25) is 9.69 Å². The lowest BCUT2D eigenvalue weighted by atomic mass is 9.85. The third kappa shape index (κ3) is 3.98. The summed E-state index contributed by atoms with van der Waals surface area (Å²) in [5.74, 6) is 0.666. The molecular formula is C21H31N3O3S. The number of nitrogens with zero attached hydrogens (tertiary/aromatic N) is 2. The van der Waals surface area contributed by atoms with Gasteiger partial charge in [0.2, 0.25) is 15.9 Å². The van der Waals surface area contributed by atoms with Crippen molar-refractivity contribution in [2.45, 2.75) is 68.8 Å². The lowest BCUT2D eigenvalue weighted by Gasteiger charge is -2.32. The van der Waals surface area contributed by atoms with Crippen molar-refractivity contribution in [1.29, 1.82) is 0 Å². The number of amides is 1. The van der Waals surface area contributed by atoms with Crippen molar-refractivity contribution in [3.63, 3.8) is 0 Å². The van der Waals surface area contributed by atoms with E-state index in [2.05, 4.69) is 17.1 Å². The molecule has 1 amide bonds. The number of hydrogen-bond donors (Lipinski definition) is 1. The lowest BCUT2D eigenvalue weighted by molar-refractivity contribution is -0.118. The Balaban J connectivity index is 1.42. The van der Waals surface area contributed by atoms with Crippen LogP contribution in [-0.2, 0) is 14.8 Å². The van der Waals surface area contributed by atoms with Crippen LogP contribution in [0, 0.1) is 5.92 Å². The maximum Gasteiger partial charge on any atom is 0.243 e. The van der Waals surface area contributed by atoms with Gasteiger partial charge in [-0.1, -0.05) is 18.9 Å². The fraction of sp³-hybridized carbons (Fsp3) is 0.667. The minimum Gasteiger partial charge on any atom is -0.325 e. The van der Waals surface area contributed by atoms with Crippen molar-refractivity contribution in [2.75, 3.05) is 25.0 Å². The molecule has 7 heteroatoms. The monoisotopic (exact) mass is 405 g/mol. The molecule has 0 spiro atoms. The fourth-order valence-corrected chi connectivity index (χ4v) is 6.81. The van der Waals surface area contributed by atoms with Gasteiger partial charge in [0.15, 0.2) is 0 Å². The molecule has 2 saturated heterocycles. The van der Waals surface area contributed by atoms with Gasteiger partial charge >= 0.3 is 0 Å². The molecule has 1 N–H and O–H groups in total. The van der Waals surface area contributed by atoms with Crippen molar-refractivity contribution < 1.29 is 13.2 Å². The fourth-order valence-electron chi connectivity index (χ4n) is 5.25. The molecule has 2 aliphatic heterocycles. The van der Waals surface area contributed by atoms with E-state index >= 15 is 0 Å². The van der Waals surface area contributed by atoms with Crippen LogP contribution in [0.25, 0.3) is 0 Å². The van der Waals surface area contributed by atoms with Crippen LogP contribution in [0.15, 0.2) is 29.2 Å². The predicted molar refractivity (Wildman–Crippen MR) is 110 cm³/mol. The van der Waals surface area contributed by atoms with Gasteiger partial charge in [0.25, 0.3) is 0 Å². The minimum atomic E-state index is -3.47. The summed E-state index contributed by atoms with van der Waals surface area (Å²) in [6.07, 6.45) is 8.03. The van der Waals surface area contributed by atoms with Crippen LogP contribution in [-0.4, -0.2) is 55.2 Å². The van der Waals surface area contributed by atoms with Crippen molar-refractivity contribution >= 4 is 21.6 Å². The highest BCUT2D eigenvalue weighted by Gasteiger charge is 2.40. The van der Waals surface area contributed by atoms with Crippen LogP contribution in [0.2, 0.25) is 0 Å². The largest absolute Gasteiger partial charge is 0.325 e. The molecule has 1 aromatic rings. The van der Waals surface area contributed by atoms with Gasteiger partial charge in [-0.25, -0.2) is 8.42 Å². The third-order valence-electron chi connectivity index (χ3n) is 6.65. The zero-order chi connectivity index (χ0) is 19.7. The number of nitrogens with one attached hydrogen (secondary N) is 1. The standard InChI is InChI=1S/C21H31N3O3S/c1-16-13-17-7-2-3-10-20(17)24(16)15-21(25)22-18-8-6-9-19(14-18)28(26,27)23-11-4-5-12-23/h6,8-9,14,16-17,20H,2-5,7,10-13,15H2,1H3,(H,22,25). The first-order chi connectivity index (χ1) is 13.4. The van der Waals surface area contributed by atoms with E-state index in [0.29, 0.717) is 37.4 Å². The third-order valence-corrected chi connectivity index (χ3v) is 8.55. The number of anilines is 1. The van der Waals surface area contributed by atoms with Gasteiger partial charge in [0.1, 0.15) is 0 Å². The molecule has 3 fully saturated rings. The van der Waals surface area contributed by atoms with Gasteiger partial charge in [-0.15, -0.1) is 0 Å². The number of likely N-dealkylation sites (tertiary alicyclic amines) is 1. The van der Waals surface area contributed by atoms with Crippen LogP contribution < -0.4 is 5.32 Å². The Labute approximate surface area is 168 Å². The topological polar surface area (TPSA) is 69.7 Å². The molecule has 3 atom stereocenters. The van der Waals surface area contributed by atoms with Gasteiger partial charge < -0.3 is 5.32 Å². The number of fused-ring (bicyclic) bond motifs is 1. The molecule has 6 nitrogen and oxygen atoms in total. The molecule has 3 aliphatic rings. The number of rotatable bonds is 5. The molecule has 28 heavy (non-hydrogen) atoms. The van der Waals surface area contributed by atoms with Crippen molar-refractivity contribution in [3.05, 3.63) is 24.3 Å². The molecule has 1 aliphatic carbocycles.